The molecule has 0 aromatic carbocycles. The number of amides is 1. The fraction of sp³-hybridized carbons (Fsp3) is 0.231. The zero-order valence-electron chi connectivity index (χ0n) is 19.9. The Labute approximate surface area is 207 Å². The Morgan fingerprint density at radius 3 is 2.67 bits per heavy atom. The van der Waals surface area contributed by atoms with Crippen molar-refractivity contribution in [2.75, 3.05) is 18.9 Å². The molecule has 5 aromatic heterocycles. The number of anilines is 1. The normalized spacial score (nSPS) is 16.6. The molecule has 10 nitrogen and oxygen atoms in total. The molecule has 6 rings (SSSR count). The van der Waals surface area contributed by atoms with Crippen molar-refractivity contribution in [2.24, 2.45) is 0 Å². The summed E-state index contributed by atoms with van der Waals surface area (Å²) in [5, 5.41) is 7.54. The molecule has 1 amide bonds. The van der Waals surface area contributed by atoms with Crippen LogP contribution in [0.15, 0.2) is 71.8 Å². The lowest BCUT2D eigenvalue weighted by molar-refractivity contribution is -0.128. The van der Waals surface area contributed by atoms with Gasteiger partial charge >= 0.3 is 0 Å². The number of nitrogens with zero attached hydrogens (tertiary/aromatic N) is 7. The van der Waals surface area contributed by atoms with Crippen molar-refractivity contribution in [1.29, 1.82) is 0 Å². The van der Waals surface area contributed by atoms with E-state index in [4.69, 9.17) is 9.51 Å². The van der Waals surface area contributed by atoms with Crippen LogP contribution >= 0.6 is 0 Å². The van der Waals surface area contributed by atoms with Crippen LogP contribution in [0.3, 0.4) is 0 Å². The summed E-state index contributed by atoms with van der Waals surface area (Å²) in [5.74, 6) is 0.844. The SMILES string of the molecule is C[C@H](Nc1nccc(-c2cccc(-c3cc([C@@H]4CCN(C)C4=O)on3)n2)n1)c1ccn2ccnc2c1. The third-order valence-electron chi connectivity index (χ3n) is 6.50. The van der Waals surface area contributed by atoms with Crippen LogP contribution in [0.1, 0.15) is 36.6 Å². The summed E-state index contributed by atoms with van der Waals surface area (Å²) >= 11 is 0. The van der Waals surface area contributed by atoms with Gasteiger partial charge in [0.25, 0.3) is 0 Å². The van der Waals surface area contributed by atoms with Gasteiger partial charge < -0.3 is 19.1 Å². The number of likely N-dealkylation sites (tertiary alicyclic amines) is 1. The van der Waals surface area contributed by atoms with E-state index in [0.29, 0.717) is 41.0 Å². The van der Waals surface area contributed by atoms with Crippen molar-refractivity contribution in [3.8, 4) is 22.8 Å². The summed E-state index contributed by atoms with van der Waals surface area (Å²) in [6, 6.07) is 13.3. The van der Waals surface area contributed by atoms with Crippen LogP contribution in [-0.4, -0.2) is 53.9 Å². The Morgan fingerprint density at radius 1 is 1.00 bits per heavy atom. The van der Waals surface area contributed by atoms with Gasteiger partial charge in [0.15, 0.2) is 0 Å². The fourth-order valence-corrected chi connectivity index (χ4v) is 4.42. The number of nitrogens with one attached hydrogen (secondary N) is 1. The minimum absolute atomic E-state index is 0.0212. The Kier molecular flexibility index (Phi) is 5.40. The molecule has 6 heterocycles. The number of carbonyl (C=O) groups excluding carboxylic acids is 1. The molecule has 0 aliphatic carbocycles. The molecule has 1 N–H and O–H groups in total. The first-order valence-corrected chi connectivity index (χ1v) is 11.8. The molecule has 1 fully saturated rings. The first kappa shape index (κ1) is 21.9. The molecule has 36 heavy (non-hydrogen) atoms. The molecule has 2 atom stereocenters. The van der Waals surface area contributed by atoms with E-state index in [1.54, 1.807) is 30.4 Å². The van der Waals surface area contributed by atoms with Gasteiger partial charge in [-0.05, 0) is 49.2 Å². The number of likely N-dealkylation sites (N-methyl/N-ethyl adjacent to an activating group) is 1. The van der Waals surface area contributed by atoms with Crippen molar-refractivity contribution < 1.29 is 9.32 Å². The highest BCUT2D eigenvalue weighted by atomic mass is 16.5. The second kappa shape index (κ2) is 8.88. The highest BCUT2D eigenvalue weighted by molar-refractivity contribution is 5.85. The maximum absolute atomic E-state index is 12.3. The van der Waals surface area contributed by atoms with Crippen LogP contribution in [0.2, 0.25) is 0 Å². The number of fused-ring (bicyclic) bond motifs is 1. The van der Waals surface area contributed by atoms with Crippen molar-refractivity contribution >= 4 is 17.5 Å². The van der Waals surface area contributed by atoms with E-state index in [-0.39, 0.29) is 17.9 Å². The Bertz CT molecular complexity index is 1560. The van der Waals surface area contributed by atoms with E-state index in [0.717, 1.165) is 17.6 Å². The number of rotatable bonds is 6. The Morgan fingerprint density at radius 2 is 1.83 bits per heavy atom. The lowest BCUT2D eigenvalue weighted by Gasteiger charge is -2.15. The number of carbonyl (C=O) groups is 1. The topological polar surface area (TPSA) is 114 Å². The van der Waals surface area contributed by atoms with Gasteiger partial charge in [-0.25, -0.2) is 19.9 Å². The molecule has 0 spiro atoms. The first-order chi connectivity index (χ1) is 17.5. The first-order valence-electron chi connectivity index (χ1n) is 11.8. The fourth-order valence-electron chi connectivity index (χ4n) is 4.42. The van der Waals surface area contributed by atoms with Crippen LogP contribution in [0.4, 0.5) is 5.95 Å². The second-order valence-corrected chi connectivity index (χ2v) is 8.91. The van der Waals surface area contributed by atoms with E-state index in [9.17, 15) is 4.79 Å². The zero-order chi connectivity index (χ0) is 24.6. The average Bonchev–Trinajstić information content (AvgIpc) is 3.65. The Balaban J connectivity index is 1.22. The second-order valence-electron chi connectivity index (χ2n) is 8.91. The average molecular weight is 481 g/mol. The maximum atomic E-state index is 12.3. The van der Waals surface area contributed by atoms with Gasteiger partial charge in [-0.3, -0.25) is 4.79 Å². The monoisotopic (exact) mass is 480 g/mol. The molecule has 0 saturated carbocycles. The third kappa shape index (κ3) is 4.06. The quantitative estimate of drug-likeness (QED) is 0.388. The van der Waals surface area contributed by atoms with E-state index >= 15 is 0 Å². The molecule has 0 bridgehead atoms. The molecule has 0 radical (unpaired) electrons. The number of aromatic nitrogens is 6. The van der Waals surface area contributed by atoms with Gasteiger partial charge in [0.1, 0.15) is 23.0 Å². The molecule has 5 aromatic rings. The van der Waals surface area contributed by atoms with Crippen molar-refractivity contribution in [3.63, 3.8) is 0 Å². The standard InChI is InChI=1S/C26H24N8O2/c1-16(17-7-12-34-13-10-27-24(34)14-17)29-26-28-9-6-21(31-26)19-4-3-5-20(30-19)22-15-23(36-32-22)18-8-11-33(2)25(18)35/h3-7,9-10,12-16,18H,8,11H2,1-2H3,(H,28,29,31)/t16-,18-/m0/s1. The van der Waals surface area contributed by atoms with Crippen LogP contribution in [0.5, 0.6) is 0 Å². The number of hydrogen-bond acceptors (Lipinski definition) is 8. The molecule has 1 saturated heterocycles. The highest BCUT2D eigenvalue weighted by Gasteiger charge is 2.33. The molecule has 0 unspecified atom stereocenters. The van der Waals surface area contributed by atoms with Gasteiger partial charge in [-0.2, -0.15) is 0 Å². The van der Waals surface area contributed by atoms with Crippen LogP contribution in [-0.2, 0) is 4.79 Å². The van der Waals surface area contributed by atoms with Gasteiger partial charge in [0, 0.05) is 44.4 Å². The van der Waals surface area contributed by atoms with Gasteiger partial charge in [-0.15, -0.1) is 0 Å². The van der Waals surface area contributed by atoms with E-state index in [1.807, 2.05) is 53.2 Å². The summed E-state index contributed by atoms with van der Waals surface area (Å²) in [6.07, 6.45) is 8.11. The van der Waals surface area contributed by atoms with Crippen molar-refractivity contribution in [3.05, 3.63) is 78.6 Å². The molecule has 1 aliphatic heterocycles. The van der Waals surface area contributed by atoms with E-state index in [2.05, 4.69) is 32.3 Å². The molecular weight excluding hydrogens is 456 g/mol. The van der Waals surface area contributed by atoms with E-state index in [1.165, 1.54) is 0 Å². The summed E-state index contributed by atoms with van der Waals surface area (Å²) in [4.78, 5) is 32.2. The lowest BCUT2D eigenvalue weighted by Crippen LogP contribution is -2.21. The minimum Gasteiger partial charge on any atom is -0.360 e. The summed E-state index contributed by atoms with van der Waals surface area (Å²) in [7, 11) is 1.80. The Hall–Kier alpha value is -4.60. The lowest BCUT2D eigenvalue weighted by atomic mass is 10.0. The zero-order valence-corrected chi connectivity index (χ0v) is 19.9. The minimum atomic E-state index is -0.286. The van der Waals surface area contributed by atoms with Gasteiger partial charge in [-0.1, -0.05) is 11.2 Å². The largest absolute Gasteiger partial charge is 0.360 e. The summed E-state index contributed by atoms with van der Waals surface area (Å²) in [6.45, 7) is 2.77. The molecule has 1 aliphatic rings. The summed E-state index contributed by atoms with van der Waals surface area (Å²) < 4.78 is 7.48. The third-order valence-corrected chi connectivity index (χ3v) is 6.50. The number of imidazole rings is 1. The number of hydrogen-bond donors (Lipinski definition) is 1. The predicted octanol–water partition coefficient (Wildman–Crippen LogP) is 3.96. The van der Waals surface area contributed by atoms with E-state index < -0.39 is 0 Å². The number of pyridine rings is 2. The van der Waals surface area contributed by atoms with Crippen molar-refractivity contribution in [2.45, 2.75) is 25.3 Å². The van der Waals surface area contributed by atoms with Crippen LogP contribution < -0.4 is 5.32 Å². The smallest absolute Gasteiger partial charge is 0.233 e. The van der Waals surface area contributed by atoms with Crippen LogP contribution in [0.25, 0.3) is 28.4 Å². The predicted molar refractivity (Wildman–Crippen MR) is 133 cm³/mol. The molecule has 180 valence electrons. The molecule has 10 heteroatoms. The van der Waals surface area contributed by atoms with Crippen LogP contribution in [0, 0.1) is 0 Å². The van der Waals surface area contributed by atoms with Gasteiger partial charge in [0.05, 0.1) is 23.1 Å². The molecular formula is C26H24N8O2. The van der Waals surface area contributed by atoms with Gasteiger partial charge in [0.2, 0.25) is 11.9 Å². The van der Waals surface area contributed by atoms with Crippen molar-refractivity contribution in [1.82, 2.24) is 34.4 Å². The summed E-state index contributed by atoms with van der Waals surface area (Å²) in [5.41, 5.74) is 4.57. The highest BCUT2D eigenvalue weighted by Crippen LogP contribution is 2.31. The maximum Gasteiger partial charge on any atom is 0.233 e.